The van der Waals surface area contributed by atoms with Crippen LogP contribution in [0, 0.1) is 11.6 Å². The molecule has 3 rings (SSSR count). The van der Waals surface area contributed by atoms with Gasteiger partial charge in [-0.15, -0.1) is 0 Å². The second-order valence-corrected chi connectivity index (χ2v) is 8.13. The minimum absolute atomic E-state index is 0.107. The van der Waals surface area contributed by atoms with Gasteiger partial charge in [-0.1, -0.05) is 0 Å². The number of halogens is 3. The Hall–Kier alpha value is -0.570. The second-order valence-electron chi connectivity index (χ2n) is 5.63. The summed E-state index contributed by atoms with van der Waals surface area (Å²) >= 11 is 2.92. The first-order valence-electron chi connectivity index (χ1n) is 6.78. The normalized spacial score (nSPS) is 28.8. The highest BCUT2D eigenvalue weighted by Gasteiger charge is 2.36. The smallest absolute Gasteiger partial charge is 0.244 e. The maximum absolute atomic E-state index is 13.8. The summed E-state index contributed by atoms with van der Waals surface area (Å²) in [5, 5.41) is 3.41. The first-order valence-corrected chi connectivity index (χ1v) is 9.05. The average Bonchev–Trinajstić information content (AvgIpc) is 2.66. The van der Waals surface area contributed by atoms with Crippen LogP contribution in [0.5, 0.6) is 0 Å². The van der Waals surface area contributed by atoms with Gasteiger partial charge in [-0.2, -0.15) is 0 Å². The largest absolute Gasteiger partial charge is 0.311 e. The molecule has 0 amide bonds. The number of benzene rings is 1. The first-order chi connectivity index (χ1) is 9.85. The highest BCUT2D eigenvalue weighted by molar-refractivity contribution is 9.10. The van der Waals surface area contributed by atoms with Crippen molar-refractivity contribution in [2.45, 2.75) is 48.7 Å². The predicted octanol–water partition coefficient (Wildman–Crippen LogP) is 2.29. The zero-order chi connectivity index (χ0) is 15.2. The molecule has 2 saturated heterocycles. The molecule has 2 N–H and O–H groups in total. The Kier molecular flexibility index (Phi) is 4.06. The van der Waals surface area contributed by atoms with Gasteiger partial charge >= 0.3 is 0 Å². The van der Waals surface area contributed by atoms with Crippen molar-refractivity contribution in [3.63, 3.8) is 0 Å². The summed E-state index contributed by atoms with van der Waals surface area (Å²) in [4.78, 5) is -0.533. The van der Waals surface area contributed by atoms with Crippen LogP contribution >= 0.6 is 15.9 Å². The second kappa shape index (κ2) is 5.57. The van der Waals surface area contributed by atoms with Gasteiger partial charge < -0.3 is 5.32 Å². The molecule has 2 atom stereocenters. The number of hydrogen-bond acceptors (Lipinski definition) is 3. The van der Waals surface area contributed by atoms with Crippen molar-refractivity contribution in [3.05, 3.63) is 28.2 Å². The monoisotopic (exact) mass is 380 g/mol. The van der Waals surface area contributed by atoms with E-state index in [2.05, 4.69) is 26.0 Å². The van der Waals surface area contributed by atoms with E-state index in [0.717, 1.165) is 18.9 Å². The number of sulfonamides is 1. The lowest BCUT2D eigenvalue weighted by molar-refractivity contribution is 0.345. The number of fused-ring (bicyclic) bond motifs is 2. The standard InChI is InChI=1S/C13H15BrF2N2O2S/c14-11-3-7(15)4-12(16)13(11)21(19,20)18-10-5-8-1-2-9(6-10)17-8/h3-4,8-10,17-18H,1-2,5-6H2. The summed E-state index contributed by atoms with van der Waals surface area (Å²) in [7, 11) is -4.02. The molecule has 0 aromatic heterocycles. The molecule has 2 aliphatic heterocycles. The third kappa shape index (κ3) is 3.13. The number of piperidine rings is 1. The van der Waals surface area contributed by atoms with Crippen LogP contribution in [0.3, 0.4) is 0 Å². The Morgan fingerprint density at radius 3 is 2.38 bits per heavy atom. The maximum atomic E-state index is 13.8. The summed E-state index contributed by atoms with van der Waals surface area (Å²) in [6, 6.07) is 1.94. The van der Waals surface area contributed by atoms with Crippen LogP contribution in [0.1, 0.15) is 25.7 Å². The van der Waals surface area contributed by atoms with Gasteiger partial charge in [0.15, 0.2) is 0 Å². The molecule has 21 heavy (non-hydrogen) atoms. The lowest BCUT2D eigenvalue weighted by atomic mass is 10.0. The Labute approximate surface area is 130 Å². The molecule has 2 aliphatic rings. The molecule has 2 heterocycles. The summed E-state index contributed by atoms with van der Waals surface area (Å²) in [6.45, 7) is 0. The molecule has 0 aliphatic carbocycles. The van der Waals surface area contributed by atoms with Gasteiger partial charge in [-0.05, 0) is 47.7 Å². The van der Waals surface area contributed by atoms with Gasteiger partial charge in [-0.3, -0.25) is 0 Å². The van der Waals surface area contributed by atoms with E-state index in [0.29, 0.717) is 31.0 Å². The van der Waals surface area contributed by atoms with Crippen LogP contribution in [0.15, 0.2) is 21.5 Å². The van der Waals surface area contributed by atoms with E-state index in [1.807, 2.05) is 0 Å². The predicted molar refractivity (Wildman–Crippen MR) is 77.3 cm³/mol. The lowest BCUT2D eigenvalue weighted by Gasteiger charge is -2.29. The van der Waals surface area contributed by atoms with Gasteiger partial charge in [0.05, 0.1) is 0 Å². The zero-order valence-electron chi connectivity index (χ0n) is 11.1. The molecule has 116 valence electrons. The van der Waals surface area contributed by atoms with Crippen molar-refractivity contribution >= 4 is 26.0 Å². The summed E-state index contributed by atoms with van der Waals surface area (Å²) < 4.78 is 54.1. The average molecular weight is 381 g/mol. The molecule has 2 bridgehead atoms. The van der Waals surface area contributed by atoms with Crippen LogP contribution in [-0.2, 0) is 10.0 Å². The summed E-state index contributed by atoms with van der Waals surface area (Å²) in [5.41, 5.74) is 0. The van der Waals surface area contributed by atoms with Gasteiger partial charge in [0, 0.05) is 28.7 Å². The fourth-order valence-electron chi connectivity index (χ4n) is 3.22. The van der Waals surface area contributed by atoms with E-state index < -0.39 is 26.6 Å². The third-order valence-corrected chi connectivity index (χ3v) is 6.51. The summed E-state index contributed by atoms with van der Waals surface area (Å²) in [5.74, 6) is -1.91. The van der Waals surface area contributed by atoms with Crippen LogP contribution in [0.2, 0.25) is 0 Å². The van der Waals surface area contributed by atoms with Gasteiger partial charge in [0.2, 0.25) is 10.0 Å². The van der Waals surface area contributed by atoms with E-state index in [1.54, 1.807) is 0 Å². The topological polar surface area (TPSA) is 58.2 Å². The minimum atomic E-state index is -4.02. The Morgan fingerprint density at radius 2 is 1.81 bits per heavy atom. The number of nitrogens with one attached hydrogen (secondary N) is 2. The lowest BCUT2D eigenvalue weighted by Crippen LogP contribution is -2.48. The van der Waals surface area contributed by atoms with Crippen LogP contribution in [-0.4, -0.2) is 26.5 Å². The fourth-order valence-corrected chi connectivity index (χ4v) is 5.65. The molecule has 2 fully saturated rings. The molecule has 2 unspecified atom stereocenters. The van der Waals surface area contributed by atoms with Crippen molar-refractivity contribution < 1.29 is 17.2 Å². The van der Waals surface area contributed by atoms with Crippen molar-refractivity contribution in [2.24, 2.45) is 0 Å². The molecule has 1 aromatic rings. The molecule has 0 saturated carbocycles. The van der Waals surface area contributed by atoms with Crippen LogP contribution in [0.25, 0.3) is 0 Å². The van der Waals surface area contributed by atoms with E-state index in [1.165, 1.54) is 0 Å². The summed E-state index contributed by atoms with van der Waals surface area (Å²) in [6.07, 6.45) is 3.46. The van der Waals surface area contributed by atoms with Gasteiger partial charge in [0.25, 0.3) is 0 Å². The molecule has 0 radical (unpaired) electrons. The van der Waals surface area contributed by atoms with E-state index in [-0.39, 0.29) is 10.5 Å². The maximum Gasteiger partial charge on any atom is 0.244 e. The SMILES string of the molecule is O=S(=O)(NC1CC2CCC(C1)N2)c1c(F)cc(F)cc1Br. The molecule has 1 aromatic carbocycles. The van der Waals surface area contributed by atoms with E-state index in [4.69, 9.17) is 0 Å². The van der Waals surface area contributed by atoms with Crippen LogP contribution in [0.4, 0.5) is 8.78 Å². The number of hydrogen-bond donors (Lipinski definition) is 2. The minimum Gasteiger partial charge on any atom is -0.311 e. The highest BCUT2D eigenvalue weighted by atomic mass is 79.9. The molecule has 8 heteroatoms. The Balaban J connectivity index is 1.84. The van der Waals surface area contributed by atoms with E-state index >= 15 is 0 Å². The van der Waals surface area contributed by atoms with E-state index in [9.17, 15) is 17.2 Å². The number of rotatable bonds is 3. The molecule has 4 nitrogen and oxygen atoms in total. The van der Waals surface area contributed by atoms with Crippen LogP contribution < -0.4 is 10.0 Å². The van der Waals surface area contributed by atoms with Crippen molar-refractivity contribution in [1.29, 1.82) is 0 Å². The third-order valence-electron chi connectivity index (χ3n) is 4.03. The highest BCUT2D eigenvalue weighted by Crippen LogP contribution is 2.30. The Morgan fingerprint density at radius 1 is 1.19 bits per heavy atom. The fraction of sp³-hybridized carbons (Fsp3) is 0.538. The van der Waals surface area contributed by atoms with Crippen molar-refractivity contribution in [1.82, 2.24) is 10.0 Å². The first kappa shape index (κ1) is 15.3. The molecular formula is C13H15BrF2N2O2S. The zero-order valence-corrected chi connectivity index (χ0v) is 13.5. The van der Waals surface area contributed by atoms with Gasteiger partial charge in [0.1, 0.15) is 16.5 Å². The molecular weight excluding hydrogens is 366 g/mol. The molecule has 0 spiro atoms. The quantitative estimate of drug-likeness (QED) is 0.845. The van der Waals surface area contributed by atoms with Gasteiger partial charge in [-0.25, -0.2) is 21.9 Å². The van der Waals surface area contributed by atoms with Crippen molar-refractivity contribution in [2.75, 3.05) is 0 Å². The van der Waals surface area contributed by atoms with Crippen molar-refractivity contribution in [3.8, 4) is 0 Å². The Bertz CT molecular complexity index is 633.